The molecule has 0 bridgehead atoms. The van der Waals surface area contributed by atoms with Crippen molar-refractivity contribution >= 4 is 17.7 Å². The van der Waals surface area contributed by atoms with Gasteiger partial charge in [-0.25, -0.2) is 0 Å². The van der Waals surface area contributed by atoms with Gasteiger partial charge in [-0.05, 0) is 18.6 Å². The summed E-state index contributed by atoms with van der Waals surface area (Å²) >= 11 is 1.86. The van der Waals surface area contributed by atoms with Crippen molar-refractivity contribution in [2.45, 2.75) is 23.5 Å². The number of benzene rings is 1. The van der Waals surface area contributed by atoms with Crippen LogP contribution in [0.5, 0.6) is 0 Å². The van der Waals surface area contributed by atoms with Gasteiger partial charge in [0.1, 0.15) is 0 Å². The Kier molecular flexibility index (Phi) is 8.91. The third-order valence-corrected chi connectivity index (χ3v) is 3.79. The number of aliphatic imine (C=N–C) groups is 1. The van der Waals surface area contributed by atoms with Crippen molar-refractivity contribution in [1.82, 2.24) is 10.6 Å². The van der Waals surface area contributed by atoms with E-state index in [1.54, 1.807) is 14.2 Å². The highest BCUT2D eigenvalue weighted by Gasteiger charge is 2.05. The first-order chi connectivity index (χ1) is 9.76. The average Bonchev–Trinajstić information content (AvgIpc) is 2.47. The minimum Gasteiger partial charge on any atom is -0.385 e. The fraction of sp³-hybridized carbons (Fsp3) is 0.533. The van der Waals surface area contributed by atoms with E-state index in [0.29, 0.717) is 5.25 Å². The maximum atomic E-state index is 5.02. The Labute approximate surface area is 126 Å². The molecule has 112 valence electrons. The van der Waals surface area contributed by atoms with Crippen LogP contribution in [0.3, 0.4) is 0 Å². The van der Waals surface area contributed by atoms with E-state index in [9.17, 15) is 0 Å². The first kappa shape index (κ1) is 16.9. The molecule has 0 saturated heterocycles. The normalized spacial score (nSPS) is 13.1. The molecule has 0 fully saturated rings. The lowest BCUT2D eigenvalue weighted by molar-refractivity contribution is 0.195. The largest absolute Gasteiger partial charge is 0.385 e. The van der Waals surface area contributed by atoms with Gasteiger partial charge in [0.15, 0.2) is 5.96 Å². The van der Waals surface area contributed by atoms with Gasteiger partial charge in [-0.15, -0.1) is 11.8 Å². The molecule has 0 aromatic heterocycles. The first-order valence-electron chi connectivity index (χ1n) is 6.91. The monoisotopic (exact) mass is 295 g/mol. The van der Waals surface area contributed by atoms with Gasteiger partial charge in [0, 0.05) is 44.0 Å². The molecule has 5 heteroatoms. The second kappa shape index (κ2) is 10.6. The second-order valence-corrected chi connectivity index (χ2v) is 5.98. The summed E-state index contributed by atoms with van der Waals surface area (Å²) in [5.74, 6) is 0.849. The Morgan fingerprint density at radius 1 is 1.30 bits per heavy atom. The lowest BCUT2D eigenvalue weighted by Gasteiger charge is -2.15. The molecule has 1 atom stereocenters. The van der Waals surface area contributed by atoms with Crippen LogP contribution in [-0.2, 0) is 4.74 Å². The molecule has 2 N–H and O–H groups in total. The Morgan fingerprint density at radius 3 is 2.70 bits per heavy atom. The quantitative estimate of drug-likeness (QED) is 0.334. The van der Waals surface area contributed by atoms with Gasteiger partial charge < -0.3 is 15.4 Å². The standard InChI is InChI=1S/C15H25N3OS/c1-13(20-14-8-5-4-6-9-14)12-18-15(16-2)17-10-7-11-19-3/h4-6,8-9,13H,7,10-12H2,1-3H3,(H2,16,17,18). The van der Waals surface area contributed by atoms with Crippen LogP contribution in [0, 0.1) is 0 Å². The number of guanidine groups is 1. The van der Waals surface area contributed by atoms with Crippen molar-refractivity contribution in [2.75, 3.05) is 33.9 Å². The van der Waals surface area contributed by atoms with Crippen molar-refractivity contribution in [3.05, 3.63) is 30.3 Å². The zero-order valence-electron chi connectivity index (χ0n) is 12.6. The summed E-state index contributed by atoms with van der Waals surface area (Å²) in [5, 5.41) is 7.10. The lowest BCUT2D eigenvalue weighted by Crippen LogP contribution is -2.40. The summed E-state index contributed by atoms with van der Waals surface area (Å²) in [6.45, 7) is 4.73. The number of hydrogen-bond donors (Lipinski definition) is 2. The van der Waals surface area contributed by atoms with Crippen LogP contribution in [0.4, 0.5) is 0 Å². The van der Waals surface area contributed by atoms with E-state index in [2.05, 4.69) is 46.8 Å². The van der Waals surface area contributed by atoms with Gasteiger partial charge in [-0.3, -0.25) is 4.99 Å². The van der Waals surface area contributed by atoms with Crippen molar-refractivity contribution in [3.8, 4) is 0 Å². The molecular weight excluding hydrogens is 270 g/mol. The summed E-state index contributed by atoms with van der Waals surface area (Å²) in [6.07, 6.45) is 0.978. The Hall–Kier alpha value is -1.20. The van der Waals surface area contributed by atoms with E-state index < -0.39 is 0 Å². The molecule has 0 heterocycles. The highest BCUT2D eigenvalue weighted by molar-refractivity contribution is 8.00. The van der Waals surface area contributed by atoms with Crippen LogP contribution in [-0.4, -0.2) is 45.1 Å². The molecule has 0 aliphatic carbocycles. The number of methoxy groups -OCH3 is 1. The molecule has 0 aliphatic heterocycles. The molecule has 20 heavy (non-hydrogen) atoms. The molecule has 1 rings (SSSR count). The molecule has 0 aliphatic rings. The topological polar surface area (TPSA) is 45.7 Å². The smallest absolute Gasteiger partial charge is 0.191 e. The molecular formula is C15H25N3OS. The average molecular weight is 295 g/mol. The molecule has 4 nitrogen and oxygen atoms in total. The molecule has 1 aromatic rings. The van der Waals surface area contributed by atoms with Crippen LogP contribution in [0.15, 0.2) is 40.2 Å². The SMILES string of the molecule is CN=C(NCCCOC)NCC(C)Sc1ccccc1. The highest BCUT2D eigenvalue weighted by Crippen LogP contribution is 2.21. The summed E-state index contributed by atoms with van der Waals surface area (Å²) in [7, 11) is 3.51. The van der Waals surface area contributed by atoms with Crippen molar-refractivity contribution in [1.29, 1.82) is 0 Å². The Morgan fingerprint density at radius 2 is 2.05 bits per heavy atom. The predicted molar refractivity (Wildman–Crippen MR) is 87.6 cm³/mol. The molecule has 0 spiro atoms. The van der Waals surface area contributed by atoms with E-state index in [4.69, 9.17) is 4.74 Å². The Balaban J connectivity index is 2.23. The van der Waals surface area contributed by atoms with Gasteiger partial charge in [0.25, 0.3) is 0 Å². The predicted octanol–water partition coefficient (Wildman–Crippen LogP) is 2.37. The second-order valence-electron chi connectivity index (χ2n) is 4.47. The van der Waals surface area contributed by atoms with Crippen LogP contribution >= 0.6 is 11.8 Å². The van der Waals surface area contributed by atoms with Gasteiger partial charge in [-0.2, -0.15) is 0 Å². The van der Waals surface area contributed by atoms with E-state index in [-0.39, 0.29) is 0 Å². The lowest BCUT2D eigenvalue weighted by atomic mass is 10.4. The number of hydrogen-bond acceptors (Lipinski definition) is 3. The van der Waals surface area contributed by atoms with Gasteiger partial charge >= 0.3 is 0 Å². The van der Waals surface area contributed by atoms with Crippen LogP contribution < -0.4 is 10.6 Å². The molecule has 1 unspecified atom stereocenters. The minimum absolute atomic E-state index is 0.481. The maximum Gasteiger partial charge on any atom is 0.191 e. The first-order valence-corrected chi connectivity index (χ1v) is 7.79. The van der Waals surface area contributed by atoms with E-state index in [1.165, 1.54) is 4.90 Å². The minimum atomic E-state index is 0.481. The summed E-state index contributed by atoms with van der Waals surface area (Å²) in [5.41, 5.74) is 0. The zero-order chi connectivity index (χ0) is 14.6. The van der Waals surface area contributed by atoms with Gasteiger partial charge in [-0.1, -0.05) is 25.1 Å². The van der Waals surface area contributed by atoms with E-state index in [1.807, 2.05) is 17.8 Å². The van der Waals surface area contributed by atoms with Crippen LogP contribution in [0.2, 0.25) is 0 Å². The number of thioether (sulfide) groups is 1. The van der Waals surface area contributed by atoms with E-state index in [0.717, 1.165) is 32.1 Å². The summed E-state index contributed by atoms with van der Waals surface area (Å²) < 4.78 is 5.02. The maximum absolute atomic E-state index is 5.02. The van der Waals surface area contributed by atoms with Gasteiger partial charge in [0.2, 0.25) is 0 Å². The molecule has 0 amide bonds. The van der Waals surface area contributed by atoms with Gasteiger partial charge in [0.05, 0.1) is 0 Å². The number of ether oxygens (including phenoxy) is 1. The van der Waals surface area contributed by atoms with Crippen molar-refractivity contribution in [2.24, 2.45) is 4.99 Å². The molecule has 0 radical (unpaired) electrons. The highest BCUT2D eigenvalue weighted by atomic mass is 32.2. The van der Waals surface area contributed by atoms with Crippen molar-refractivity contribution in [3.63, 3.8) is 0 Å². The Bertz CT molecular complexity index is 384. The van der Waals surface area contributed by atoms with Crippen LogP contribution in [0.1, 0.15) is 13.3 Å². The van der Waals surface area contributed by atoms with Crippen molar-refractivity contribution < 1.29 is 4.74 Å². The number of rotatable bonds is 8. The third kappa shape index (κ3) is 7.40. The molecule has 0 saturated carbocycles. The number of nitrogens with one attached hydrogen (secondary N) is 2. The van der Waals surface area contributed by atoms with E-state index >= 15 is 0 Å². The zero-order valence-corrected chi connectivity index (χ0v) is 13.4. The number of nitrogens with zero attached hydrogens (tertiary/aromatic N) is 1. The fourth-order valence-electron chi connectivity index (χ4n) is 1.66. The van der Waals surface area contributed by atoms with Crippen LogP contribution in [0.25, 0.3) is 0 Å². The third-order valence-electron chi connectivity index (χ3n) is 2.68. The summed E-state index contributed by atoms with van der Waals surface area (Å²) in [4.78, 5) is 5.51. The fourth-order valence-corrected chi connectivity index (χ4v) is 2.60. The summed E-state index contributed by atoms with van der Waals surface area (Å²) in [6, 6.07) is 10.5. The molecule has 1 aromatic carbocycles.